The molecule has 0 saturated carbocycles. The Morgan fingerprint density at radius 3 is 2.78 bits per heavy atom. The van der Waals surface area contributed by atoms with Gasteiger partial charge in [-0.15, -0.1) is 0 Å². The van der Waals surface area contributed by atoms with Crippen molar-refractivity contribution in [1.29, 1.82) is 0 Å². The molecule has 0 bridgehead atoms. The molecule has 138 valence electrons. The number of para-hydroxylation sites is 2. The number of ether oxygens (including phenoxy) is 1. The molecule has 1 atom stereocenters. The fourth-order valence-corrected chi connectivity index (χ4v) is 3.54. The Bertz CT molecular complexity index is 1090. The van der Waals surface area contributed by atoms with Crippen LogP contribution in [0.2, 0.25) is 0 Å². The summed E-state index contributed by atoms with van der Waals surface area (Å²) in [6.07, 6.45) is 2.19. The first-order valence-corrected chi connectivity index (χ1v) is 8.97. The number of hydrogen-bond donors (Lipinski definition) is 0. The zero-order chi connectivity index (χ0) is 19.0. The van der Waals surface area contributed by atoms with Crippen molar-refractivity contribution < 1.29 is 18.7 Å². The van der Waals surface area contributed by atoms with Gasteiger partial charge in [0.2, 0.25) is 5.78 Å². The van der Waals surface area contributed by atoms with E-state index in [-0.39, 0.29) is 12.3 Å². The Labute approximate surface area is 155 Å². The molecule has 0 amide bonds. The van der Waals surface area contributed by atoms with Gasteiger partial charge in [0.25, 0.3) is 0 Å². The summed E-state index contributed by atoms with van der Waals surface area (Å²) in [5.74, 6) is -1.54. The van der Waals surface area contributed by atoms with Gasteiger partial charge in [-0.25, -0.2) is 4.79 Å². The summed E-state index contributed by atoms with van der Waals surface area (Å²) in [6, 6.07) is 12.5. The standard InChI is InChI=1S/C21H19NO5/c1-13(20(24)16-10-9-14-5-4-6-15(14)11-16)26-19(23)12-22-17-7-2-3-8-18(17)27-21(22)25/h2-3,7-11,13H,4-6,12H2,1H3/t13-/m0/s1. The molecule has 1 heterocycles. The summed E-state index contributed by atoms with van der Waals surface area (Å²) in [4.78, 5) is 36.8. The van der Waals surface area contributed by atoms with Crippen LogP contribution in [0.15, 0.2) is 51.7 Å². The Hall–Kier alpha value is -3.15. The third kappa shape index (κ3) is 3.30. The number of oxazole rings is 1. The van der Waals surface area contributed by atoms with Crippen LogP contribution in [0, 0.1) is 0 Å². The monoisotopic (exact) mass is 365 g/mol. The average Bonchev–Trinajstić information content (AvgIpc) is 3.25. The van der Waals surface area contributed by atoms with Crippen LogP contribution in [0.1, 0.15) is 34.8 Å². The molecule has 2 aromatic carbocycles. The van der Waals surface area contributed by atoms with Crippen LogP contribution in [0.5, 0.6) is 0 Å². The molecule has 4 rings (SSSR count). The fourth-order valence-electron chi connectivity index (χ4n) is 3.54. The van der Waals surface area contributed by atoms with Gasteiger partial charge in [-0.1, -0.05) is 24.3 Å². The molecule has 3 aromatic rings. The summed E-state index contributed by atoms with van der Waals surface area (Å²) in [7, 11) is 0. The van der Waals surface area contributed by atoms with Crippen LogP contribution in [-0.2, 0) is 28.9 Å². The molecule has 0 saturated heterocycles. The first kappa shape index (κ1) is 17.3. The van der Waals surface area contributed by atoms with E-state index < -0.39 is 17.8 Å². The number of aryl methyl sites for hydroxylation is 2. The van der Waals surface area contributed by atoms with E-state index in [2.05, 4.69) is 0 Å². The number of rotatable bonds is 5. The van der Waals surface area contributed by atoms with E-state index in [9.17, 15) is 14.4 Å². The summed E-state index contributed by atoms with van der Waals surface area (Å²) < 4.78 is 11.6. The van der Waals surface area contributed by atoms with E-state index in [1.165, 1.54) is 15.7 Å². The maximum absolute atomic E-state index is 12.6. The van der Waals surface area contributed by atoms with E-state index in [4.69, 9.17) is 9.15 Å². The van der Waals surface area contributed by atoms with Crippen LogP contribution in [0.25, 0.3) is 11.1 Å². The van der Waals surface area contributed by atoms with Crippen LogP contribution >= 0.6 is 0 Å². The highest BCUT2D eigenvalue weighted by atomic mass is 16.5. The first-order valence-electron chi connectivity index (χ1n) is 8.97. The van der Waals surface area contributed by atoms with Crippen LogP contribution in [-0.4, -0.2) is 22.4 Å². The molecular formula is C21H19NO5. The molecule has 0 fully saturated rings. The summed E-state index contributed by atoms with van der Waals surface area (Å²) in [6.45, 7) is 1.24. The highest BCUT2D eigenvalue weighted by Crippen LogP contribution is 2.23. The SMILES string of the molecule is C[C@H](OC(=O)Cn1c(=O)oc2ccccc21)C(=O)c1ccc2c(c1)CCC2. The maximum Gasteiger partial charge on any atom is 0.420 e. The van der Waals surface area contributed by atoms with Crippen molar-refractivity contribution in [2.24, 2.45) is 0 Å². The number of carbonyl (C=O) groups excluding carboxylic acids is 2. The van der Waals surface area contributed by atoms with Crippen LogP contribution < -0.4 is 5.76 Å². The van der Waals surface area contributed by atoms with E-state index in [0.717, 1.165) is 19.3 Å². The molecule has 0 N–H and O–H groups in total. The number of Topliss-reactive ketones (excluding diaryl/α,β-unsaturated/α-hetero) is 1. The number of carbonyl (C=O) groups is 2. The minimum Gasteiger partial charge on any atom is -0.453 e. The third-order valence-electron chi connectivity index (χ3n) is 4.92. The second kappa shape index (κ2) is 6.87. The molecule has 6 heteroatoms. The van der Waals surface area contributed by atoms with Gasteiger partial charge in [0.05, 0.1) is 5.52 Å². The first-order chi connectivity index (χ1) is 13.0. The number of ketones is 1. The Morgan fingerprint density at radius 2 is 1.93 bits per heavy atom. The fraction of sp³-hybridized carbons (Fsp3) is 0.286. The van der Waals surface area contributed by atoms with Crippen molar-refractivity contribution in [3.05, 3.63) is 69.7 Å². The molecule has 1 aliphatic carbocycles. The van der Waals surface area contributed by atoms with E-state index in [1.54, 1.807) is 37.3 Å². The van der Waals surface area contributed by atoms with Crippen molar-refractivity contribution in [1.82, 2.24) is 4.57 Å². The lowest BCUT2D eigenvalue weighted by atomic mass is 10.0. The molecule has 6 nitrogen and oxygen atoms in total. The quantitative estimate of drug-likeness (QED) is 0.513. The third-order valence-corrected chi connectivity index (χ3v) is 4.92. The van der Waals surface area contributed by atoms with Gasteiger partial charge in [0.1, 0.15) is 6.54 Å². The van der Waals surface area contributed by atoms with Gasteiger partial charge in [0, 0.05) is 5.56 Å². The van der Waals surface area contributed by atoms with Crippen molar-refractivity contribution in [2.75, 3.05) is 0 Å². The lowest BCUT2D eigenvalue weighted by Crippen LogP contribution is -2.28. The zero-order valence-corrected chi connectivity index (χ0v) is 14.9. The van der Waals surface area contributed by atoms with E-state index >= 15 is 0 Å². The Kier molecular flexibility index (Phi) is 4.39. The summed E-state index contributed by atoms with van der Waals surface area (Å²) in [5, 5.41) is 0. The minimum absolute atomic E-state index is 0.248. The normalized spacial score (nSPS) is 14.1. The largest absolute Gasteiger partial charge is 0.453 e. The molecule has 0 spiro atoms. The molecule has 1 aromatic heterocycles. The minimum atomic E-state index is -0.925. The number of esters is 1. The van der Waals surface area contributed by atoms with Gasteiger partial charge < -0.3 is 9.15 Å². The van der Waals surface area contributed by atoms with E-state index in [0.29, 0.717) is 16.7 Å². The number of hydrogen-bond acceptors (Lipinski definition) is 5. The number of fused-ring (bicyclic) bond motifs is 2. The topological polar surface area (TPSA) is 78.5 Å². The summed E-state index contributed by atoms with van der Waals surface area (Å²) in [5.41, 5.74) is 3.93. The number of aromatic nitrogens is 1. The molecule has 0 radical (unpaired) electrons. The highest BCUT2D eigenvalue weighted by Gasteiger charge is 2.22. The molecule has 27 heavy (non-hydrogen) atoms. The van der Waals surface area contributed by atoms with Crippen molar-refractivity contribution >= 4 is 22.9 Å². The lowest BCUT2D eigenvalue weighted by Gasteiger charge is -2.13. The van der Waals surface area contributed by atoms with Crippen molar-refractivity contribution in [3.8, 4) is 0 Å². The molecule has 1 aliphatic rings. The molecule has 0 unspecified atom stereocenters. The zero-order valence-electron chi connectivity index (χ0n) is 14.9. The maximum atomic E-state index is 12.6. The van der Waals surface area contributed by atoms with Gasteiger partial charge >= 0.3 is 11.7 Å². The van der Waals surface area contributed by atoms with Gasteiger partial charge in [-0.3, -0.25) is 14.2 Å². The lowest BCUT2D eigenvalue weighted by molar-refractivity contribution is -0.147. The second-order valence-electron chi connectivity index (χ2n) is 6.76. The van der Waals surface area contributed by atoms with Crippen molar-refractivity contribution in [3.63, 3.8) is 0 Å². The highest BCUT2D eigenvalue weighted by molar-refractivity contribution is 6.00. The Morgan fingerprint density at radius 1 is 1.15 bits per heavy atom. The van der Waals surface area contributed by atoms with Crippen LogP contribution in [0.4, 0.5) is 0 Å². The predicted octanol–water partition coefficient (Wildman–Crippen LogP) is 2.90. The van der Waals surface area contributed by atoms with E-state index in [1.807, 2.05) is 12.1 Å². The number of benzene rings is 2. The average molecular weight is 365 g/mol. The predicted molar refractivity (Wildman–Crippen MR) is 98.8 cm³/mol. The van der Waals surface area contributed by atoms with Gasteiger partial charge in [0.15, 0.2) is 11.7 Å². The Balaban J connectivity index is 1.46. The number of nitrogens with zero attached hydrogens (tertiary/aromatic N) is 1. The van der Waals surface area contributed by atoms with Gasteiger partial charge in [-0.2, -0.15) is 0 Å². The molecule has 0 aliphatic heterocycles. The van der Waals surface area contributed by atoms with Gasteiger partial charge in [-0.05, 0) is 55.5 Å². The second-order valence-corrected chi connectivity index (χ2v) is 6.76. The smallest absolute Gasteiger partial charge is 0.420 e. The van der Waals surface area contributed by atoms with Crippen molar-refractivity contribution in [2.45, 2.75) is 38.8 Å². The summed E-state index contributed by atoms with van der Waals surface area (Å²) >= 11 is 0. The van der Waals surface area contributed by atoms with Crippen LogP contribution in [0.3, 0.4) is 0 Å². The molecular weight excluding hydrogens is 346 g/mol.